The summed E-state index contributed by atoms with van der Waals surface area (Å²) in [4.78, 5) is 17.3. The Morgan fingerprint density at radius 2 is 1.79 bits per heavy atom. The van der Waals surface area contributed by atoms with E-state index in [1.165, 1.54) is 5.56 Å². The number of carbonyl (C=O) groups excluding carboxylic acids is 1. The van der Waals surface area contributed by atoms with Crippen LogP contribution in [0.2, 0.25) is 5.02 Å². The molecule has 29 heavy (non-hydrogen) atoms. The van der Waals surface area contributed by atoms with Crippen molar-refractivity contribution < 1.29 is 9.53 Å². The molecule has 2 fully saturated rings. The first-order valence-electron chi connectivity index (χ1n) is 10.00. The van der Waals surface area contributed by atoms with Crippen molar-refractivity contribution in [1.82, 2.24) is 15.8 Å². The van der Waals surface area contributed by atoms with Gasteiger partial charge in [0.15, 0.2) is 0 Å². The minimum absolute atomic E-state index is 0.116. The minimum atomic E-state index is -0.207. The molecule has 7 heteroatoms. The van der Waals surface area contributed by atoms with Gasteiger partial charge < -0.3 is 14.5 Å². The van der Waals surface area contributed by atoms with Gasteiger partial charge in [-0.05, 0) is 48.7 Å². The van der Waals surface area contributed by atoms with Gasteiger partial charge in [-0.2, -0.15) is 0 Å². The highest BCUT2D eigenvalue weighted by atomic mass is 35.5. The van der Waals surface area contributed by atoms with Gasteiger partial charge in [0.1, 0.15) is 11.8 Å². The van der Waals surface area contributed by atoms with E-state index in [1.54, 1.807) is 7.11 Å². The second-order valence-electron chi connectivity index (χ2n) is 7.65. The summed E-state index contributed by atoms with van der Waals surface area (Å²) in [5.41, 5.74) is 9.96. The van der Waals surface area contributed by atoms with Crippen molar-refractivity contribution >= 4 is 23.2 Å². The fraction of sp³-hybridized carbons (Fsp3) is 0.409. The lowest BCUT2D eigenvalue weighted by Gasteiger charge is -2.37. The average Bonchev–Trinajstić information content (AvgIpc) is 3.25. The number of benzene rings is 2. The number of rotatable bonds is 4. The lowest BCUT2D eigenvalue weighted by atomic mass is 10.0. The van der Waals surface area contributed by atoms with Crippen molar-refractivity contribution in [2.75, 3.05) is 38.2 Å². The van der Waals surface area contributed by atoms with Crippen LogP contribution in [0.15, 0.2) is 42.5 Å². The van der Waals surface area contributed by atoms with Crippen molar-refractivity contribution in [2.45, 2.75) is 25.4 Å². The number of nitrogens with zero attached hydrogens (tertiary/aromatic N) is 2. The Labute approximate surface area is 176 Å². The van der Waals surface area contributed by atoms with E-state index in [1.807, 2.05) is 47.4 Å². The van der Waals surface area contributed by atoms with Gasteiger partial charge >= 0.3 is 0 Å². The number of amides is 1. The molecule has 2 heterocycles. The quantitative estimate of drug-likeness (QED) is 0.805. The van der Waals surface area contributed by atoms with E-state index >= 15 is 0 Å². The van der Waals surface area contributed by atoms with Crippen LogP contribution < -0.4 is 20.5 Å². The number of nitrogens with one attached hydrogen (secondary N) is 2. The second kappa shape index (κ2) is 8.61. The van der Waals surface area contributed by atoms with Gasteiger partial charge in [-0.25, -0.2) is 10.9 Å². The molecule has 1 amide bonds. The first kappa shape index (κ1) is 20.0. The van der Waals surface area contributed by atoms with Gasteiger partial charge in [0, 0.05) is 42.9 Å². The molecule has 2 aliphatic heterocycles. The number of hydrazine groups is 1. The molecule has 0 spiro atoms. The molecule has 2 aromatic carbocycles. The molecule has 0 saturated carbocycles. The number of ether oxygens (including phenoxy) is 1. The normalized spacial score (nSPS) is 22.0. The average molecular weight is 415 g/mol. The fourth-order valence-corrected chi connectivity index (χ4v) is 4.25. The SMILES string of the molecule is COc1ccc(C2CC(C(=O)N3CCN(c4cc(Cl)ccc4C)CC3)NN2)cc1. The van der Waals surface area contributed by atoms with Crippen LogP contribution in [0, 0.1) is 6.92 Å². The largest absolute Gasteiger partial charge is 0.497 e. The van der Waals surface area contributed by atoms with E-state index in [0.29, 0.717) is 0 Å². The Morgan fingerprint density at radius 1 is 1.07 bits per heavy atom. The van der Waals surface area contributed by atoms with Crippen LogP contribution >= 0.6 is 11.6 Å². The molecule has 0 aliphatic carbocycles. The molecule has 0 radical (unpaired) electrons. The molecule has 6 nitrogen and oxygen atoms in total. The Hall–Kier alpha value is -2.28. The van der Waals surface area contributed by atoms with E-state index in [4.69, 9.17) is 16.3 Å². The Bertz CT molecular complexity index is 866. The van der Waals surface area contributed by atoms with Crippen LogP contribution in [0.3, 0.4) is 0 Å². The number of hydrogen-bond acceptors (Lipinski definition) is 5. The number of piperazine rings is 1. The summed E-state index contributed by atoms with van der Waals surface area (Å²) < 4.78 is 5.22. The van der Waals surface area contributed by atoms with Crippen molar-refractivity contribution in [2.24, 2.45) is 0 Å². The first-order chi connectivity index (χ1) is 14.0. The molecule has 2 unspecified atom stereocenters. The van der Waals surface area contributed by atoms with Crippen molar-refractivity contribution in [3.8, 4) is 5.75 Å². The summed E-state index contributed by atoms with van der Waals surface area (Å²) in [7, 11) is 1.66. The molecular formula is C22H27ClN4O2. The molecule has 2 aliphatic rings. The van der Waals surface area contributed by atoms with Gasteiger partial charge in [-0.15, -0.1) is 0 Å². The minimum Gasteiger partial charge on any atom is -0.497 e. The first-order valence-corrected chi connectivity index (χ1v) is 10.4. The van der Waals surface area contributed by atoms with E-state index in [0.717, 1.165) is 54.6 Å². The van der Waals surface area contributed by atoms with E-state index in [9.17, 15) is 4.79 Å². The van der Waals surface area contributed by atoms with E-state index < -0.39 is 0 Å². The van der Waals surface area contributed by atoms with Crippen LogP contribution in [0.5, 0.6) is 5.75 Å². The predicted octanol–water partition coefficient (Wildman–Crippen LogP) is 2.91. The van der Waals surface area contributed by atoms with E-state index in [2.05, 4.69) is 22.7 Å². The molecule has 2 aromatic rings. The smallest absolute Gasteiger partial charge is 0.241 e. The number of methoxy groups -OCH3 is 1. The van der Waals surface area contributed by atoms with Gasteiger partial charge in [-0.1, -0.05) is 29.8 Å². The summed E-state index contributed by atoms with van der Waals surface area (Å²) in [5, 5.41) is 0.745. The summed E-state index contributed by atoms with van der Waals surface area (Å²) in [5.74, 6) is 0.996. The van der Waals surface area contributed by atoms with Gasteiger partial charge in [0.25, 0.3) is 0 Å². The van der Waals surface area contributed by atoms with Crippen LogP contribution in [-0.2, 0) is 4.79 Å². The van der Waals surface area contributed by atoms with E-state index in [-0.39, 0.29) is 18.0 Å². The zero-order valence-corrected chi connectivity index (χ0v) is 17.6. The lowest BCUT2D eigenvalue weighted by molar-refractivity contribution is -0.133. The number of carbonyl (C=O) groups is 1. The molecule has 2 atom stereocenters. The predicted molar refractivity (Wildman–Crippen MR) is 115 cm³/mol. The van der Waals surface area contributed by atoms with Crippen LogP contribution in [-0.4, -0.2) is 50.1 Å². The third-order valence-corrected chi connectivity index (χ3v) is 6.06. The monoisotopic (exact) mass is 414 g/mol. The van der Waals surface area contributed by atoms with Gasteiger partial charge in [-0.3, -0.25) is 4.79 Å². The fourth-order valence-electron chi connectivity index (χ4n) is 4.08. The summed E-state index contributed by atoms with van der Waals surface area (Å²) >= 11 is 6.17. The zero-order chi connectivity index (χ0) is 20.4. The summed E-state index contributed by atoms with van der Waals surface area (Å²) in [6, 6.07) is 13.9. The standard InChI is InChI=1S/C22H27ClN4O2/c1-15-3-6-17(23)13-21(15)26-9-11-27(12-10-26)22(28)20-14-19(24-25-20)16-4-7-18(29-2)8-5-16/h3-8,13,19-20,24-25H,9-12,14H2,1-2H3. The van der Waals surface area contributed by atoms with Gasteiger partial charge in [0.05, 0.1) is 7.11 Å². The summed E-state index contributed by atoms with van der Waals surface area (Å²) in [6.07, 6.45) is 0.735. The maximum absolute atomic E-state index is 13.0. The molecule has 0 aromatic heterocycles. The topological polar surface area (TPSA) is 56.8 Å². The van der Waals surface area contributed by atoms with Crippen LogP contribution in [0.1, 0.15) is 23.6 Å². The Morgan fingerprint density at radius 3 is 2.48 bits per heavy atom. The lowest BCUT2D eigenvalue weighted by Crippen LogP contribution is -2.53. The van der Waals surface area contributed by atoms with Crippen LogP contribution in [0.25, 0.3) is 0 Å². The highest BCUT2D eigenvalue weighted by Gasteiger charge is 2.34. The van der Waals surface area contributed by atoms with Crippen molar-refractivity contribution in [3.63, 3.8) is 0 Å². The third-order valence-electron chi connectivity index (χ3n) is 5.82. The van der Waals surface area contributed by atoms with Crippen LogP contribution in [0.4, 0.5) is 5.69 Å². The molecule has 2 saturated heterocycles. The number of anilines is 1. The van der Waals surface area contributed by atoms with Crippen molar-refractivity contribution in [1.29, 1.82) is 0 Å². The third kappa shape index (κ3) is 4.34. The molecule has 0 bridgehead atoms. The molecule has 154 valence electrons. The van der Waals surface area contributed by atoms with Gasteiger partial charge in [0.2, 0.25) is 5.91 Å². The number of aryl methyl sites for hydroxylation is 1. The number of hydrogen-bond donors (Lipinski definition) is 2. The molecular weight excluding hydrogens is 388 g/mol. The number of halogens is 1. The maximum atomic E-state index is 13.0. The Kier molecular flexibility index (Phi) is 5.94. The zero-order valence-electron chi connectivity index (χ0n) is 16.8. The van der Waals surface area contributed by atoms with Crippen molar-refractivity contribution in [3.05, 3.63) is 58.6 Å². The molecule has 4 rings (SSSR count). The molecule has 2 N–H and O–H groups in total. The Balaban J connectivity index is 1.33. The second-order valence-corrected chi connectivity index (χ2v) is 8.08. The highest BCUT2D eigenvalue weighted by Crippen LogP contribution is 2.27. The summed E-state index contributed by atoms with van der Waals surface area (Å²) in [6.45, 7) is 5.16. The highest BCUT2D eigenvalue weighted by molar-refractivity contribution is 6.30. The maximum Gasteiger partial charge on any atom is 0.241 e.